The Morgan fingerprint density at radius 1 is 1.44 bits per heavy atom. The van der Waals surface area contributed by atoms with Gasteiger partial charge in [-0.05, 0) is 17.7 Å². The van der Waals surface area contributed by atoms with Gasteiger partial charge in [-0.25, -0.2) is 4.79 Å². The molecule has 0 aromatic heterocycles. The van der Waals surface area contributed by atoms with E-state index in [0.29, 0.717) is 5.56 Å². The number of hydrogen-bond donors (Lipinski definition) is 2. The Balaban J connectivity index is 2.70. The Morgan fingerprint density at radius 3 is 2.69 bits per heavy atom. The summed E-state index contributed by atoms with van der Waals surface area (Å²) in [6, 6.07) is 5.55. The summed E-state index contributed by atoms with van der Waals surface area (Å²) in [4.78, 5) is 10.4. The molecule has 1 aromatic carbocycles. The maximum atomic E-state index is 11.9. The smallest absolute Gasteiger partial charge is 0.387 e. The molecule has 0 saturated carbocycles. The Morgan fingerprint density at radius 2 is 2.12 bits per heavy atom. The van der Waals surface area contributed by atoms with E-state index in [4.69, 9.17) is 10.2 Å². The number of hydrogen-bond acceptors (Lipinski definition) is 3. The highest BCUT2D eigenvalue weighted by Gasteiger charge is 2.14. The Hall–Kier alpha value is -1.69. The number of rotatable bonds is 5. The molecule has 0 spiro atoms. The highest BCUT2D eigenvalue weighted by atomic mass is 19.3. The van der Waals surface area contributed by atoms with Crippen molar-refractivity contribution in [2.45, 2.75) is 19.1 Å². The van der Waals surface area contributed by atoms with Crippen molar-refractivity contribution in [2.24, 2.45) is 0 Å². The van der Waals surface area contributed by atoms with Crippen LogP contribution in [0.25, 0.3) is 0 Å². The van der Waals surface area contributed by atoms with E-state index in [1.807, 2.05) is 0 Å². The van der Waals surface area contributed by atoms with Crippen LogP contribution in [0.1, 0.15) is 5.56 Å². The van der Waals surface area contributed by atoms with Crippen molar-refractivity contribution >= 4 is 5.97 Å². The highest BCUT2D eigenvalue weighted by molar-refractivity contribution is 5.72. The van der Waals surface area contributed by atoms with Crippen LogP contribution < -0.4 is 4.74 Å². The first-order chi connectivity index (χ1) is 7.49. The first kappa shape index (κ1) is 12.4. The maximum Gasteiger partial charge on any atom is 0.387 e. The van der Waals surface area contributed by atoms with Gasteiger partial charge in [-0.3, -0.25) is 0 Å². The molecule has 0 aliphatic carbocycles. The third kappa shape index (κ3) is 3.82. The van der Waals surface area contributed by atoms with Gasteiger partial charge in [0.05, 0.1) is 0 Å². The Bertz CT molecular complexity index is 368. The summed E-state index contributed by atoms with van der Waals surface area (Å²) in [7, 11) is 0. The third-order valence-corrected chi connectivity index (χ3v) is 1.84. The molecule has 1 atom stereocenters. The van der Waals surface area contributed by atoms with Crippen LogP contribution in [0.2, 0.25) is 0 Å². The molecule has 0 bridgehead atoms. The molecule has 0 heterocycles. The fraction of sp³-hybridized carbons (Fsp3) is 0.300. The second kappa shape index (κ2) is 5.41. The molecule has 1 unspecified atom stereocenters. The van der Waals surface area contributed by atoms with Gasteiger partial charge in [0.2, 0.25) is 0 Å². The number of aliphatic carboxylic acids is 1. The molecule has 6 heteroatoms. The number of halogens is 2. The number of carboxylic acid groups (broad SMARTS) is 1. The van der Waals surface area contributed by atoms with Gasteiger partial charge in [-0.2, -0.15) is 8.78 Å². The van der Waals surface area contributed by atoms with Crippen molar-refractivity contribution in [2.75, 3.05) is 0 Å². The minimum Gasteiger partial charge on any atom is -0.479 e. The fourth-order valence-electron chi connectivity index (χ4n) is 1.16. The number of alkyl halides is 2. The summed E-state index contributed by atoms with van der Waals surface area (Å²) < 4.78 is 27.9. The Labute approximate surface area is 90.1 Å². The summed E-state index contributed by atoms with van der Waals surface area (Å²) in [6.07, 6.45) is -1.71. The van der Waals surface area contributed by atoms with Crippen LogP contribution in [0.15, 0.2) is 24.3 Å². The standard InChI is InChI=1S/C10H10F2O4/c11-10(12)16-7-3-1-2-6(4-7)5-8(13)9(14)15/h1-4,8,10,13H,5H2,(H,14,15). The zero-order valence-electron chi connectivity index (χ0n) is 8.14. The fourth-order valence-corrected chi connectivity index (χ4v) is 1.16. The lowest BCUT2D eigenvalue weighted by atomic mass is 10.1. The molecule has 4 nitrogen and oxygen atoms in total. The first-order valence-electron chi connectivity index (χ1n) is 4.43. The van der Waals surface area contributed by atoms with Crippen LogP contribution in [0, 0.1) is 0 Å². The van der Waals surface area contributed by atoms with Crippen LogP contribution in [-0.4, -0.2) is 28.9 Å². The van der Waals surface area contributed by atoms with Gasteiger partial charge in [0, 0.05) is 6.42 Å². The van der Waals surface area contributed by atoms with Gasteiger partial charge in [0.25, 0.3) is 0 Å². The average Bonchev–Trinajstić information content (AvgIpc) is 2.16. The van der Waals surface area contributed by atoms with E-state index in [0.717, 1.165) is 0 Å². The van der Waals surface area contributed by atoms with Crippen LogP contribution >= 0.6 is 0 Å². The summed E-state index contributed by atoms with van der Waals surface area (Å²) in [5.41, 5.74) is 0.410. The summed E-state index contributed by atoms with van der Waals surface area (Å²) >= 11 is 0. The average molecular weight is 232 g/mol. The van der Waals surface area contributed by atoms with E-state index < -0.39 is 18.7 Å². The molecule has 16 heavy (non-hydrogen) atoms. The third-order valence-electron chi connectivity index (χ3n) is 1.84. The molecule has 0 saturated heterocycles. The van der Waals surface area contributed by atoms with E-state index in [2.05, 4.69) is 4.74 Å². The summed E-state index contributed by atoms with van der Waals surface area (Å²) in [6.45, 7) is -2.93. The number of aliphatic hydroxyl groups excluding tert-OH is 1. The van der Waals surface area contributed by atoms with Crippen LogP contribution in [0.4, 0.5) is 8.78 Å². The normalized spacial score (nSPS) is 12.5. The molecule has 0 amide bonds. The quantitative estimate of drug-likeness (QED) is 0.802. The van der Waals surface area contributed by atoms with Crippen molar-refractivity contribution in [3.05, 3.63) is 29.8 Å². The zero-order valence-corrected chi connectivity index (χ0v) is 8.14. The van der Waals surface area contributed by atoms with Crippen molar-refractivity contribution in [1.29, 1.82) is 0 Å². The molecule has 1 aromatic rings. The van der Waals surface area contributed by atoms with Gasteiger partial charge >= 0.3 is 12.6 Å². The number of benzene rings is 1. The van der Waals surface area contributed by atoms with Crippen LogP contribution in [0.3, 0.4) is 0 Å². The van der Waals surface area contributed by atoms with E-state index in [1.165, 1.54) is 24.3 Å². The minimum atomic E-state index is -2.93. The van der Waals surface area contributed by atoms with Crippen molar-refractivity contribution in [3.8, 4) is 5.75 Å². The van der Waals surface area contributed by atoms with Crippen LogP contribution in [0.5, 0.6) is 5.75 Å². The Kier molecular flexibility index (Phi) is 4.19. The monoisotopic (exact) mass is 232 g/mol. The molecule has 0 aliphatic rings. The predicted molar refractivity (Wildman–Crippen MR) is 50.4 cm³/mol. The minimum absolute atomic E-state index is 0.0647. The van der Waals surface area contributed by atoms with Gasteiger partial charge in [-0.15, -0.1) is 0 Å². The van der Waals surface area contributed by atoms with Crippen LogP contribution in [-0.2, 0) is 11.2 Å². The van der Waals surface area contributed by atoms with E-state index >= 15 is 0 Å². The number of ether oxygens (including phenoxy) is 1. The maximum absolute atomic E-state index is 11.9. The van der Waals surface area contributed by atoms with Crippen molar-refractivity contribution in [1.82, 2.24) is 0 Å². The SMILES string of the molecule is O=C(O)C(O)Cc1cccc(OC(F)F)c1. The van der Waals surface area contributed by atoms with Gasteiger partial charge < -0.3 is 14.9 Å². The summed E-state index contributed by atoms with van der Waals surface area (Å²) in [5.74, 6) is -1.43. The number of carbonyl (C=O) groups is 1. The van der Waals surface area contributed by atoms with Gasteiger partial charge in [0.1, 0.15) is 5.75 Å². The highest BCUT2D eigenvalue weighted by Crippen LogP contribution is 2.17. The van der Waals surface area contributed by atoms with Crippen molar-refractivity contribution in [3.63, 3.8) is 0 Å². The zero-order chi connectivity index (χ0) is 12.1. The first-order valence-corrected chi connectivity index (χ1v) is 4.43. The molecular weight excluding hydrogens is 222 g/mol. The lowest BCUT2D eigenvalue weighted by Crippen LogP contribution is -2.21. The van der Waals surface area contributed by atoms with Gasteiger partial charge in [-0.1, -0.05) is 12.1 Å². The van der Waals surface area contributed by atoms with Gasteiger partial charge in [0.15, 0.2) is 6.10 Å². The van der Waals surface area contributed by atoms with E-state index in [1.54, 1.807) is 0 Å². The lowest BCUT2D eigenvalue weighted by Gasteiger charge is -2.08. The van der Waals surface area contributed by atoms with E-state index in [-0.39, 0.29) is 12.2 Å². The number of carboxylic acids is 1. The molecule has 88 valence electrons. The molecule has 1 rings (SSSR count). The molecular formula is C10H10F2O4. The second-order valence-corrected chi connectivity index (χ2v) is 3.08. The van der Waals surface area contributed by atoms with Crippen molar-refractivity contribution < 1.29 is 28.5 Å². The predicted octanol–water partition coefficient (Wildman–Crippen LogP) is 1.28. The second-order valence-electron chi connectivity index (χ2n) is 3.08. The largest absolute Gasteiger partial charge is 0.479 e. The molecule has 2 N–H and O–H groups in total. The number of aliphatic hydroxyl groups is 1. The topological polar surface area (TPSA) is 66.8 Å². The lowest BCUT2D eigenvalue weighted by molar-refractivity contribution is -0.146. The molecule has 0 fully saturated rings. The molecule has 0 radical (unpaired) electrons. The summed E-state index contributed by atoms with van der Waals surface area (Å²) in [5, 5.41) is 17.5. The van der Waals surface area contributed by atoms with E-state index in [9.17, 15) is 13.6 Å². The molecule has 0 aliphatic heterocycles.